The van der Waals surface area contributed by atoms with Gasteiger partial charge in [0.05, 0.1) is 13.2 Å². The minimum Gasteiger partial charge on any atom is -0.463 e. The van der Waals surface area contributed by atoms with E-state index in [1.807, 2.05) is 0 Å². The molecule has 0 radical (unpaired) electrons. The predicted octanol–water partition coefficient (Wildman–Crippen LogP) is 15.9. The second kappa shape index (κ2) is 49.9. The minimum absolute atomic E-state index is 0.0840. The Morgan fingerprint density at radius 3 is 1.19 bits per heavy atom. The topological polar surface area (TPSA) is 131 Å². The van der Waals surface area contributed by atoms with Gasteiger partial charge in [0.15, 0.2) is 0 Å². The smallest absolute Gasteiger partial charge is 0.463 e. The van der Waals surface area contributed by atoms with E-state index in [9.17, 15) is 24.2 Å². The molecule has 0 aliphatic heterocycles. The molecule has 2 unspecified atom stereocenters. The molecule has 9 nitrogen and oxygen atoms in total. The maximum Gasteiger partial charge on any atom is 0.472 e. The number of nitrogens with one attached hydrogen (secondary N) is 1. The summed E-state index contributed by atoms with van der Waals surface area (Å²) in [6.45, 7) is 3.60. The van der Waals surface area contributed by atoms with Crippen LogP contribution in [0.2, 0.25) is 0 Å². The lowest BCUT2D eigenvalue weighted by molar-refractivity contribution is -0.147. The molecule has 63 heavy (non-hydrogen) atoms. The van der Waals surface area contributed by atoms with E-state index < -0.39 is 26.5 Å². The Hall–Kier alpha value is -1.51. The molecule has 0 spiro atoms. The van der Waals surface area contributed by atoms with Crippen LogP contribution >= 0.6 is 7.82 Å². The van der Waals surface area contributed by atoms with Crippen LogP contribution in [0, 0.1) is 0 Å². The normalized spacial score (nSPS) is 13.3. The molecule has 0 saturated heterocycles. The number of unbranched alkanes of at least 4 members (excludes halogenated alkanes) is 34. The summed E-state index contributed by atoms with van der Waals surface area (Å²) in [5.74, 6) is -0.507. The number of carbonyl (C=O) groups is 2. The molecule has 3 N–H and O–H groups in total. The number of aliphatic hydroxyl groups is 1. The van der Waals surface area contributed by atoms with Crippen LogP contribution in [0.25, 0.3) is 0 Å². The maximum atomic E-state index is 12.2. The van der Waals surface area contributed by atoms with E-state index in [0.717, 1.165) is 38.5 Å². The molecule has 372 valence electrons. The van der Waals surface area contributed by atoms with Crippen molar-refractivity contribution < 1.29 is 37.9 Å². The van der Waals surface area contributed by atoms with Crippen LogP contribution < -0.4 is 5.32 Å². The van der Waals surface area contributed by atoms with Gasteiger partial charge in [-0.25, -0.2) is 4.57 Å². The summed E-state index contributed by atoms with van der Waals surface area (Å²) in [7, 11) is -4.42. The van der Waals surface area contributed by atoms with Gasteiger partial charge in [0.1, 0.15) is 12.7 Å². The van der Waals surface area contributed by atoms with Crippen molar-refractivity contribution in [2.24, 2.45) is 0 Å². The Morgan fingerprint density at radius 2 is 0.810 bits per heavy atom. The van der Waals surface area contributed by atoms with Crippen LogP contribution in [0.5, 0.6) is 0 Å². The summed E-state index contributed by atoms with van der Waals surface area (Å²) in [5, 5.41) is 12.8. The summed E-state index contributed by atoms with van der Waals surface area (Å²) < 4.78 is 27.0. The third kappa shape index (κ3) is 51.3. The van der Waals surface area contributed by atoms with Crippen molar-refractivity contribution in [1.82, 2.24) is 5.32 Å². The first-order chi connectivity index (χ1) is 30.8. The average Bonchev–Trinajstić information content (AvgIpc) is 3.27. The number of carbonyl (C=O) groups excluding carboxylic acids is 2. The van der Waals surface area contributed by atoms with E-state index >= 15 is 0 Å². The Morgan fingerprint density at radius 1 is 0.476 bits per heavy atom. The van der Waals surface area contributed by atoms with Crippen molar-refractivity contribution in [2.75, 3.05) is 26.4 Å². The molecule has 1 amide bonds. The molecule has 0 bridgehead atoms. The van der Waals surface area contributed by atoms with Crippen LogP contribution in [-0.4, -0.2) is 54.3 Å². The van der Waals surface area contributed by atoms with Gasteiger partial charge in [-0.2, -0.15) is 0 Å². The van der Waals surface area contributed by atoms with Crippen molar-refractivity contribution in [3.63, 3.8) is 0 Å². The monoisotopic (exact) mass is 912 g/mol. The number of amides is 1. The van der Waals surface area contributed by atoms with Crippen molar-refractivity contribution in [1.29, 1.82) is 0 Å². The lowest BCUT2D eigenvalue weighted by Crippen LogP contribution is -2.27. The van der Waals surface area contributed by atoms with Gasteiger partial charge in [-0.15, -0.1) is 0 Å². The molecule has 0 aromatic carbocycles. The summed E-state index contributed by atoms with van der Waals surface area (Å²) >= 11 is 0. The van der Waals surface area contributed by atoms with Crippen LogP contribution in [-0.2, 0) is 27.9 Å². The van der Waals surface area contributed by atoms with Gasteiger partial charge >= 0.3 is 13.8 Å². The van der Waals surface area contributed by atoms with E-state index in [1.54, 1.807) is 0 Å². The number of hydrogen-bond acceptors (Lipinski definition) is 7. The van der Waals surface area contributed by atoms with E-state index in [-0.39, 0.29) is 32.1 Å². The van der Waals surface area contributed by atoms with Gasteiger partial charge in [-0.1, -0.05) is 218 Å². The van der Waals surface area contributed by atoms with E-state index in [1.165, 1.54) is 205 Å². The number of allylic oxidation sites excluding steroid dienone is 4. The highest BCUT2D eigenvalue weighted by Crippen LogP contribution is 2.42. The van der Waals surface area contributed by atoms with Crippen LogP contribution in [0.15, 0.2) is 24.3 Å². The second-order valence-electron chi connectivity index (χ2n) is 18.2. The zero-order valence-corrected chi connectivity index (χ0v) is 42.2. The van der Waals surface area contributed by atoms with Gasteiger partial charge < -0.3 is 20.1 Å². The SMILES string of the molecule is CCCCCCCC/C=C/CCCCCCCCCCCCCC(=O)NCCOP(=O)(O)OCC(O)COC(=O)CCCCCCCCCCCCC/C=C/CCCCCCCC. The molecule has 10 heteroatoms. The Labute approximate surface area is 389 Å². The molecule has 0 saturated carbocycles. The molecular formula is C53H102NO8P. The molecule has 0 heterocycles. The molecule has 0 aromatic rings. The number of ether oxygens (including phenoxy) is 1. The lowest BCUT2D eigenvalue weighted by Gasteiger charge is -2.15. The number of esters is 1. The molecule has 0 aromatic heterocycles. The summed E-state index contributed by atoms with van der Waals surface area (Å²) in [6, 6.07) is 0. The molecule has 0 rings (SSSR count). The molecule has 0 fully saturated rings. The number of phosphoric ester groups is 1. The fourth-order valence-electron chi connectivity index (χ4n) is 7.78. The molecule has 0 aliphatic rings. The Bertz CT molecular complexity index is 1090. The van der Waals surface area contributed by atoms with Crippen molar-refractivity contribution in [3.8, 4) is 0 Å². The second-order valence-corrected chi connectivity index (χ2v) is 19.6. The number of hydrogen-bond donors (Lipinski definition) is 3. The first-order valence-corrected chi connectivity index (χ1v) is 28.3. The largest absolute Gasteiger partial charge is 0.472 e. The van der Waals surface area contributed by atoms with Gasteiger partial charge in [-0.05, 0) is 64.2 Å². The Kier molecular flexibility index (Phi) is 48.7. The Balaban J connectivity index is 3.52. The average molecular weight is 912 g/mol. The number of phosphoric acid groups is 1. The fraction of sp³-hybridized carbons (Fsp3) is 0.887. The zero-order chi connectivity index (χ0) is 46.0. The third-order valence-electron chi connectivity index (χ3n) is 11.9. The van der Waals surface area contributed by atoms with Crippen molar-refractivity contribution in [3.05, 3.63) is 24.3 Å². The van der Waals surface area contributed by atoms with Crippen LogP contribution in [0.3, 0.4) is 0 Å². The maximum absolute atomic E-state index is 12.2. The molecule has 0 aliphatic carbocycles. The highest BCUT2D eigenvalue weighted by molar-refractivity contribution is 7.47. The quantitative estimate of drug-likeness (QED) is 0.0238. The van der Waals surface area contributed by atoms with Gasteiger partial charge in [0.25, 0.3) is 0 Å². The van der Waals surface area contributed by atoms with Gasteiger partial charge in [0.2, 0.25) is 5.91 Å². The van der Waals surface area contributed by atoms with E-state index in [2.05, 4.69) is 43.5 Å². The molecule has 2 atom stereocenters. The predicted molar refractivity (Wildman–Crippen MR) is 266 cm³/mol. The number of rotatable bonds is 51. The van der Waals surface area contributed by atoms with Crippen molar-refractivity contribution >= 4 is 19.7 Å². The third-order valence-corrected chi connectivity index (χ3v) is 12.8. The highest BCUT2D eigenvalue weighted by Gasteiger charge is 2.23. The van der Waals surface area contributed by atoms with E-state index in [4.69, 9.17) is 13.8 Å². The first kappa shape index (κ1) is 61.5. The van der Waals surface area contributed by atoms with Gasteiger partial charge in [0, 0.05) is 19.4 Å². The number of aliphatic hydroxyl groups excluding tert-OH is 1. The van der Waals surface area contributed by atoms with Crippen molar-refractivity contribution in [2.45, 2.75) is 277 Å². The lowest BCUT2D eigenvalue weighted by atomic mass is 10.0. The summed E-state index contributed by atoms with van der Waals surface area (Å²) in [5.41, 5.74) is 0. The van der Waals surface area contributed by atoms with Crippen LogP contribution in [0.4, 0.5) is 0 Å². The summed E-state index contributed by atoms with van der Waals surface area (Å²) in [6.07, 6.45) is 56.9. The first-order valence-electron chi connectivity index (χ1n) is 26.8. The highest BCUT2D eigenvalue weighted by atomic mass is 31.2. The fourth-order valence-corrected chi connectivity index (χ4v) is 8.54. The standard InChI is InChI=1S/C53H102NO8P/c1-3-5-7-9-11-13-15-17-19-21-23-25-27-29-31-33-35-37-39-41-43-45-52(56)54-47-48-61-63(58,59)62-50-51(55)49-60-53(57)46-44-42-40-38-36-34-32-30-28-26-24-22-20-18-16-14-12-10-8-6-4-2/h17-20,51,55H,3-16,21-50H2,1-2H3,(H,54,56)(H,58,59)/b19-17+,20-18+. The zero-order valence-electron chi connectivity index (χ0n) is 41.3. The summed E-state index contributed by atoms with van der Waals surface area (Å²) in [4.78, 5) is 34.1. The van der Waals surface area contributed by atoms with Crippen LogP contribution in [0.1, 0.15) is 271 Å². The van der Waals surface area contributed by atoms with Gasteiger partial charge in [-0.3, -0.25) is 18.6 Å². The molecular weight excluding hydrogens is 810 g/mol. The van der Waals surface area contributed by atoms with E-state index in [0.29, 0.717) is 6.42 Å². The minimum atomic E-state index is -4.42.